The summed E-state index contributed by atoms with van der Waals surface area (Å²) in [7, 11) is 0. The lowest BCUT2D eigenvalue weighted by Crippen LogP contribution is -2.43. The summed E-state index contributed by atoms with van der Waals surface area (Å²) in [5.74, 6) is -0.300. The van der Waals surface area contributed by atoms with E-state index in [2.05, 4.69) is 5.32 Å². The molecule has 0 bridgehead atoms. The van der Waals surface area contributed by atoms with Gasteiger partial charge in [-0.15, -0.1) is 0 Å². The number of nitrogens with zero attached hydrogens (tertiary/aromatic N) is 1. The molecular weight excluding hydrogens is 420 g/mol. The standard InChI is InChI=1S/C30H28N2O2/c33-28(21-24-13-5-1-6-14-24)32(23-26-17-9-3-10-18-26)29(27-19-11-4-12-20-27)30(34)31-22-25-15-7-2-8-16-25/h1-20,29H,21-23H2,(H,31,34)/t29-/m0/s1. The molecule has 0 aliphatic carbocycles. The smallest absolute Gasteiger partial charge is 0.247 e. The molecule has 0 fully saturated rings. The second-order valence-electron chi connectivity index (χ2n) is 8.19. The van der Waals surface area contributed by atoms with Gasteiger partial charge >= 0.3 is 0 Å². The Hall–Kier alpha value is -4.18. The van der Waals surface area contributed by atoms with E-state index in [0.29, 0.717) is 13.1 Å². The van der Waals surface area contributed by atoms with E-state index in [-0.39, 0.29) is 18.2 Å². The van der Waals surface area contributed by atoms with Crippen molar-refractivity contribution in [1.82, 2.24) is 10.2 Å². The minimum absolute atomic E-state index is 0.0984. The number of rotatable bonds is 9. The molecule has 170 valence electrons. The lowest BCUT2D eigenvalue weighted by molar-refractivity contribution is -0.141. The minimum atomic E-state index is -0.749. The van der Waals surface area contributed by atoms with Crippen molar-refractivity contribution >= 4 is 11.8 Å². The maximum absolute atomic E-state index is 13.7. The molecule has 1 atom stereocenters. The Balaban J connectivity index is 1.66. The summed E-state index contributed by atoms with van der Waals surface area (Å²) in [6, 6.07) is 38.0. The molecular formula is C30H28N2O2. The third-order valence-electron chi connectivity index (χ3n) is 5.70. The van der Waals surface area contributed by atoms with Crippen LogP contribution in [-0.4, -0.2) is 16.7 Å². The fourth-order valence-corrected chi connectivity index (χ4v) is 3.97. The lowest BCUT2D eigenvalue weighted by Gasteiger charge is -2.32. The summed E-state index contributed by atoms with van der Waals surface area (Å²) in [6.45, 7) is 0.736. The van der Waals surface area contributed by atoms with E-state index in [1.165, 1.54) is 0 Å². The summed E-state index contributed by atoms with van der Waals surface area (Å²) in [4.78, 5) is 28.9. The molecule has 0 aromatic heterocycles. The topological polar surface area (TPSA) is 49.4 Å². The van der Waals surface area contributed by atoms with Crippen molar-refractivity contribution in [2.75, 3.05) is 0 Å². The molecule has 0 spiro atoms. The SMILES string of the molecule is O=C(NCc1ccccc1)[C@H](c1ccccc1)N(Cc1ccccc1)C(=O)Cc1ccccc1. The van der Waals surface area contributed by atoms with Gasteiger partial charge in [0.2, 0.25) is 11.8 Å². The number of nitrogens with one attached hydrogen (secondary N) is 1. The zero-order chi connectivity index (χ0) is 23.6. The number of amides is 2. The second kappa shape index (κ2) is 11.6. The van der Waals surface area contributed by atoms with Gasteiger partial charge in [-0.2, -0.15) is 0 Å². The van der Waals surface area contributed by atoms with E-state index in [9.17, 15) is 9.59 Å². The Morgan fingerprint density at radius 1 is 0.618 bits per heavy atom. The number of hydrogen-bond acceptors (Lipinski definition) is 2. The lowest BCUT2D eigenvalue weighted by atomic mass is 10.0. The fourth-order valence-electron chi connectivity index (χ4n) is 3.97. The van der Waals surface area contributed by atoms with Crippen LogP contribution in [0.15, 0.2) is 121 Å². The number of hydrogen-bond donors (Lipinski definition) is 1. The first-order chi connectivity index (χ1) is 16.7. The summed E-state index contributed by atoms with van der Waals surface area (Å²) >= 11 is 0. The fraction of sp³-hybridized carbons (Fsp3) is 0.133. The van der Waals surface area contributed by atoms with Crippen LogP contribution in [0.25, 0.3) is 0 Å². The predicted octanol–water partition coefficient (Wildman–Crippen LogP) is 5.32. The second-order valence-corrected chi connectivity index (χ2v) is 8.19. The van der Waals surface area contributed by atoms with Crippen molar-refractivity contribution in [1.29, 1.82) is 0 Å². The van der Waals surface area contributed by atoms with Crippen LogP contribution in [0, 0.1) is 0 Å². The third-order valence-corrected chi connectivity index (χ3v) is 5.70. The molecule has 0 heterocycles. The van der Waals surface area contributed by atoms with Gasteiger partial charge in [0.15, 0.2) is 0 Å². The Labute approximate surface area is 200 Å². The van der Waals surface area contributed by atoms with Gasteiger partial charge in [-0.3, -0.25) is 9.59 Å². The van der Waals surface area contributed by atoms with Gasteiger partial charge in [-0.1, -0.05) is 121 Å². The Bertz CT molecular complexity index is 1180. The third kappa shape index (κ3) is 6.20. The molecule has 34 heavy (non-hydrogen) atoms. The van der Waals surface area contributed by atoms with Crippen LogP contribution in [0.1, 0.15) is 28.3 Å². The average molecular weight is 449 g/mol. The van der Waals surface area contributed by atoms with Gasteiger partial charge in [-0.05, 0) is 22.3 Å². The molecule has 0 saturated carbocycles. The van der Waals surface area contributed by atoms with E-state index in [1.807, 2.05) is 121 Å². The molecule has 0 radical (unpaired) electrons. The van der Waals surface area contributed by atoms with Gasteiger partial charge in [0.1, 0.15) is 6.04 Å². The first-order valence-electron chi connectivity index (χ1n) is 11.4. The van der Waals surface area contributed by atoms with Gasteiger partial charge in [0.05, 0.1) is 6.42 Å². The maximum Gasteiger partial charge on any atom is 0.247 e. The Kier molecular flexibility index (Phi) is 7.86. The Morgan fingerprint density at radius 3 is 1.65 bits per heavy atom. The van der Waals surface area contributed by atoms with E-state index < -0.39 is 6.04 Å². The van der Waals surface area contributed by atoms with E-state index >= 15 is 0 Å². The number of carbonyl (C=O) groups is 2. The summed E-state index contributed by atoms with van der Waals surface area (Å²) < 4.78 is 0. The van der Waals surface area contributed by atoms with Gasteiger partial charge in [0.25, 0.3) is 0 Å². The molecule has 1 N–H and O–H groups in total. The maximum atomic E-state index is 13.7. The summed E-state index contributed by atoms with van der Waals surface area (Å²) in [6.07, 6.45) is 0.225. The van der Waals surface area contributed by atoms with E-state index in [1.54, 1.807) is 4.90 Å². The largest absolute Gasteiger partial charge is 0.350 e. The van der Waals surface area contributed by atoms with Crippen LogP contribution < -0.4 is 5.32 Å². The highest BCUT2D eigenvalue weighted by atomic mass is 16.2. The van der Waals surface area contributed by atoms with Gasteiger partial charge < -0.3 is 10.2 Å². The van der Waals surface area contributed by atoms with Crippen molar-refractivity contribution in [2.45, 2.75) is 25.6 Å². The van der Waals surface area contributed by atoms with Crippen LogP contribution in [0.2, 0.25) is 0 Å². The molecule has 0 saturated heterocycles. The van der Waals surface area contributed by atoms with E-state index in [0.717, 1.165) is 22.3 Å². The van der Waals surface area contributed by atoms with E-state index in [4.69, 9.17) is 0 Å². The highest BCUT2D eigenvalue weighted by molar-refractivity contribution is 5.89. The molecule has 4 rings (SSSR count). The monoisotopic (exact) mass is 448 g/mol. The molecule has 4 aromatic rings. The van der Waals surface area contributed by atoms with Crippen LogP contribution in [0.5, 0.6) is 0 Å². The molecule has 0 unspecified atom stereocenters. The first-order valence-corrected chi connectivity index (χ1v) is 11.4. The van der Waals surface area contributed by atoms with Crippen LogP contribution in [0.4, 0.5) is 0 Å². The summed E-state index contributed by atoms with van der Waals surface area (Å²) in [5.41, 5.74) is 3.68. The van der Waals surface area contributed by atoms with Gasteiger partial charge in [0, 0.05) is 13.1 Å². The predicted molar refractivity (Wildman–Crippen MR) is 135 cm³/mol. The van der Waals surface area contributed by atoms with Crippen LogP contribution >= 0.6 is 0 Å². The molecule has 4 aromatic carbocycles. The highest BCUT2D eigenvalue weighted by Crippen LogP contribution is 2.25. The molecule has 4 nitrogen and oxygen atoms in total. The minimum Gasteiger partial charge on any atom is -0.350 e. The molecule has 2 amide bonds. The highest BCUT2D eigenvalue weighted by Gasteiger charge is 2.31. The van der Waals surface area contributed by atoms with Crippen LogP contribution in [-0.2, 0) is 29.1 Å². The Morgan fingerprint density at radius 2 is 1.09 bits per heavy atom. The normalized spacial score (nSPS) is 11.4. The van der Waals surface area contributed by atoms with Crippen molar-refractivity contribution in [3.05, 3.63) is 144 Å². The van der Waals surface area contributed by atoms with Crippen molar-refractivity contribution in [3.63, 3.8) is 0 Å². The number of carbonyl (C=O) groups excluding carboxylic acids is 2. The van der Waals surface area contributed by atoms with Crippen molar-refractivity contribution in [2.24, 2.45) is 0 Å². The molecule has 4 heteroatoms. The molecule has 0 aliphatic heterocycles. The van der Waals surface area contributed by atoms with Crippen LogP contribution in [0.3, 0.4) is 0 Å². The molecule has 0 aliphatic rings. The van der Waals surface area contributed by atoms with Gasteiger partial charge in [-0.25, -0.2) is 0 Å². The first kappa shape index (κ1) is 23.0. The van der Waals surface area contributed by atoms with Crippen molar-refractivity contribution < 1.29 is 9.59 Å². The summed E-state index contributed by atoms with van der Waals surface area (Å²) in [5, 5.41) is 3.05. The zero-order valence-electron chi connectivity index (χ0n) is 19.0. The number of benzene rings is 4. The zero-order valence-corrected chi connectivity index (χ0v) is 19.0. The quantitative estimate of drug-likeness (QED) is 0.377. The average Bonchev–Trinajstić information content (AvgIpc) is 2.89. The van der Waals surface area contributed by atoms with Crippen molar-refractivity contribution in [3.8, 4) is 0 Å².